The molecule has 0 aromatic carbocycles. The summed E-state index contributed by atoms with van der Waals surface area (Å²) in [5.41, 5.74) is 1.19. The number of nitrogens with zero attached hydrogens (tertiary/aromatic N) is 2. The number of nitrogens with one attached hydrogen (secondary N) is 1. The maximum Gasteiger partial charge on any atom is 0.185 e. The topological polar surface area (TPSA) is 28.2 Å². The van der Waals surface area contributed by atoms with Crippen LogP contribution in [0.1, 0.15) is 23.4 Å². The summed E-state index contributed by atoms with van der Waals surface area (Å²) in [6.45, 7) is 5.38. The van der Waals surface area contributed by atoms with E-state index in [2.05, 4.69) is 23.4 Å². The molecule has 2 heterocycles. The predicted molar refractivity (Wildman–Crippen MR) is 78.4 cm³/mol. The van der Waals surface area contributed by atoms with Gasteiger partial charge in [-0.3, -0.25) is 0 Å². The molecule has 17 heavy (non-hydrogen) atoms. The number of hydrogen-bond acceptors (Lipinski definition) is 5. The second-order valence-electron chi connectivity index (χ2n) is 4.46. The number of rotatable bonds is 4. The monoisotopic (exact) mass is 271 g/mol. The molecule has 0 amide bonds. The molecule has 96 valence electrons. The average molecular weight is 271 g/mol. The van der Waals surface area contributed by atoms with E-state index in [1.807, 2.05) is 30.1 Å². The van der Waals surface area contributed by atoms with Crippen LogP contribution in [-0.2, 0) is 6.54 Å². The summed E-state index contributed by atoms with van der Waals surface area (Å²) in [5.74, 6) is 0. The third kappa shape index (κ3) is 3.14. The highest BCUT2D eigenvalue weighted by molar-refractivity contribution is 7.99. The fraction of sp³-hybridized carbons (Fsp3) is 0.750. The molecule has 0 atom stereocenters. The van der Waals surface area contributed by atoms with Crippen LogP contribution in [0.5, 0.6) is 0 Å². The summed E-state index contributed by atoms with van der Waals surface area (Å²) < 4.78 is 0. The van der Waals surface area contributed by atoms with Crippen molar-refractivity contribution in [3.05, 3.63) is 10.6 Å². The molecule has 1 aliphatic rings. The number of aromatic nitrogens is 1. The zero-order valence-corrected chi connectivity index (χ0v) is 12.5. The molecule has 3 nitrogen and oxygen atoms in total. The lowest BCUT2D eigenvalue weighted by Gasteiger charge is -2.30. The summed E-state index contributed by atoms with van der Waals surface area (Å²) in [4.78, 5) is 8.52. The Morgan fingerprint density at radius 1 is 1.47 bits per heavy atom. The maximum absolute atomic E-state index is 4.70. The fourth-order valence-electron chi connectivity index (χ4n) is 2.16. The molecular formula is C12H21N3S2. The molecule has 1 aromatic heterocycles. The van der Waals surface area contributed by atoms with Crippen molar-refractivity contribution in [2.24, 2.45) is 0 Å². The van der Waals surface area contributed by atoms with Gasteiger partial charge in [0.25, 0.3) is 0 Å². The van der Waals surface area contributed by atoms with Crippen molar-refractivity contribution in [2.75, 3.05) is 31.3 Å². The molecule has 1 saturated heterocycles. The van der Waals surface area contributed by atoms with E-state index in [-0.39, 0.29) is 0 Å². The standard InChI is InChI=1S/C12H21N3S2/c1-9-11(8-13-2)17-12(14-9)15-6-4-10(16-3)5-7-15/h10,13H,4-8H2,1-3H3. The molecule has 0 unspecified atom stereocenters. The summed E-state index contributed by atoms with van der Waals surface area (Å²) in [6.07, 6.45) is 4.81. The van der Waals surface area contributed by atoms with Gasteiger partial charge in [0.05, 0.1) is 5.69 Å². The van der Waals surface area contributed by atoms with Crippen molar-refractivity contribution < 1.29 is 0 Å². The van der Waals surface area contributed by atoms with Gasteiger partial charge in [0, 0.05) is 29.8 Å². The van der Waals surface area contributed by atoms with Crippen LogP contribution in [0.3, 0.4) is 0 Å². The van der Waals surface area contributed by atoms with Crippen LogP contribution in [-0.4, -0.2) is 36.6 Å². The van der Waals surface area contributed by atoms with E-state index in [0.29, 0.717) is 0 Å². The van der Waals surface area contributed by atoms with E-state index in [4.69, 9.17) is 4.98 Å². The largest absolute Gasteiger partial charge is 0.348 e. The number of aryl methyl sites for hydroxylation is 1. The van der Waals surface area contributed by atoms with Gasteiger partial charge in [-0.2, -0.15) is 11.8 Å². The fourth-order valence-corrected chi connectivity index (χ4v) is 3.96. The van der Waals surface area contributed by atoms with E-state index in [1.54, 1.807) is 0 Å². The van der Waals surface area contributed by atoms with Gasteiger partial charge >= 0.3 is 0 Å². The molecule has 1 fully saturated rings. The van der Waals surface area contributed by atoms with E-state index in [0.717, 1.165) is 24.9 Å². The second-order valence-corrected chi connectivity index (χ2v) is 6.66. The maximum atomic E-state index is 4.70. The van der Waals surface area contributed by atoms with Gasteiger partial charge < -0.3 is 10.2 Å². The Morgan fingerprint density at radius 3 is 2.76 bits per heavy atom. The zero-order valence-electron chi connectivity index (χ0n) is 10.8. The Hall–Kier alpha value is -0.260. The normalized spacial score (nSPS) is 17.7. The molecule has 0 spiro atoms. The van der Waals surface area contributed by atoms with Crippen molar-refractivity contribution >= 4 is 28.2 Å². The Bertz CT molecular complexity index is 357. The first-order chi connectivity index (χ1) is 8.24. The molecule has 1 N–H and O–H groups in total. The Kier molecular flexibility index (Phi) is 4.70. The lowest BCUT2D eigenvalue weighted by Crippen LogP contribution is -2.34. The van der Waals surface area contributed by atoms with Gasteiger partial charge in [0.1, 0.15) is 0 Å². The van der Waals surface area contributed by atoms with Gasteiger partial charge in [-0.15, -0.1) is 11.3 Å². The van der Waals surface area contributed by atoms with Crippen LogP contribution in [0.4, 0.5) is 5.13 Å². The minimum Gasteiger partial charge on any atom is -0.348 e. The lowest BCUT2D eigenvalue weighted by molar-refractivity contribution is 0.590. The zero-order chi connectivity index (χ0) is 12.3. The molecule has 0 bridgehead atoms. The number of thiazole rings is 1. The van der Waals surface area contributed by atoms with Gasteiger partial charge in [-0.25, -0.2) is 4.98 Å². The molecule has 2 rings (SSSR count). The van der Waals surface area contributed by atoms with Gasteiger partial charge in [0.2, 0.25) is 0 Å². The van der Waals surface area contributed by atoms with Crippen LogP contribution < -0.4 is 10.2 Å². The van der Waals surface area contributed by atoms with Crippen molar-refractivity contribution in [1.82, 2.24) is 10.3 Å². The Morgan fingerprint density at radius 2 is 2.18 bits per heavy atom. The third-order valence-corrected chi connectivity index (χ3v) is 5.62. The molecular weight excluding hydrogens is 250 g/mol. The smallest absolute Gasteiger partial charge is 0.185 e. The number of thioether (sulfide) groups is 1. The molecule has 1 aromatic rings. The lowest BCUT2D eigenvalue weighted by atomic mass is 10.1. The summed E-state index contributed by atoms with van der Waals surface area (Å²) in [5, 5.41) is 5.27. The molecule has 0 radical (unpaired) electrons. The SMILES string of the molecule is CNCc1sc(N2CCC(SC)CC2)nc1C. The first-order valence-electron chi connectivity index (χ1n) is 6.13. The van der Waals surface area contributed by atoms with E-state index < -0.39 is 0 Å². The quantitative estimate of drug-likeness (QED) is 0.911. The highest BCUT2D eigenvalue weighted by Gasteiger charge is 2.21. The van der Waals surface area contributed by atoms with E-state index in [1.165, 1.54) is 28.5 Å². The van der Waals surface area contributed by atoms with Crippen LogP contribution in [0.2, 0.25) is 0 Å². The summed E-state index contributed by atoms with van der Waals surface area (Å²) >= 11 is 3.85. The highest BCUT2D eigenvalue weighted by atomic mass is 32.2. The Balaban J connectivity index is 2.00. The van der Waals surface area contributed by atoms with Crippen molar-refractivity contribution in [2.45, 2.75) is 31.6 Å². The average Bonchev–Trinajstić information content (AvgIpc) is 2.72. The van der Waals surface area contributed by atoms with Crippen LogP contribution in [0.15, 0.2) is 0 Å². The van der Waals surface area contributed by atoms with Crippen molar-refractivity contribution in [3.63, 3.8) is 0 Å². The molecule has 1 aliphatic heterocycles. The van der Waals surface area contributed by atoms with Gasteiger partial charge in [-0.05, 0) is 33.1 Å². The van der Waals surface area contributed by atoms with Crippen LogP contribution in [0.25, 0.3) is 0 Å². The minimum absolute atomic E-state index is 0.851. The summed E-state index contributed by atoms with van der Waals surface area (Å²) in [6, 6.07) is 0. The molecule has 0 aliphatic carbocycles. The van der Waals surface area contributed by atoms with Crippen molar-refractivity contribution in [1.29, 1.82) is 0 Å². The summed E-state index contributed by atoms with van der Waals surface area (Å²) in [7, 11) is 1.99. The van der Waals surface area contributed by atoms with E-state index in [9.17, 15) is 0 Å². The van der Waals surface area contributed by atoms with Crippen molar-refractivity contribution in [3.8, 4) is 0 Å². The first-order valence-corrected chi connectivity index (χ1v) is 8.23. The first kappa shape index (κ1) is 13.2. The third-order valence-electron chi connectivity index (χ3n) is 3.26. The Labute approximate surface area is 112 Å². The molecule has 5 heteroatoms. The number of anilines is 1. The number of piperidine rings is 1. The van der Waals surface area contributed by atoms with Gasteiger partial charge in [-0.1, -0.05) is 0 Å². The predicted octanol–water partition coefficient (Wildman–Crippen LogP) is 2.50. The van der Waals surface area contributed by atoms with Gasteiger partial charge in [0.15, 0.2) is 5.13 Å². The van der Waals surface area contributed by atoms with Crippen LogP contribution in [0, 0.1) is 6.92 Å². The number of hydrogen-bond donors (Lipinski definition) is 1. The highest BCUT2D eigenvalue weighted by Crippen LogP contribution is 2.30. The van der Waals surface area contributed by atoms with Crippen LogP contribution >= 0.6 is 23.1 Å². The molecule has 0 saturated carbocycles. The minimum atomic E-state index is 0.851. The van der Waals surface area contributed by atoms with E-state index >= 15 is 0 Å². The second kappa shape index (κ2) is 6.07.